The molecule has 3 rings (SSSR count). The van der Waals surface area contributed by atoms with E-state index in [4.69, 9.17) is 9.26 Å². The van der Waals surface area contributed by atoms with Gasteiger partial charge in [0.15, 0.2) is 0 Å². The Labute approximate surface area is 182 Å². The van der Waals surface area contributed by atoms with E-state index >= 15 is 0 Å². The van der Waals surface area contributed by atoms with Crippen LogP contribution in [0.1, 0.15) is 25.0 Å². The van der Waals surface area contributed by atoms with Crippen molar-refractivity contribution in [3.05, 3.63) is 71.5 Å². The van der Waals surface area contributed by atoms with Crippen molar-refractivity contribution >= 4 is 11.8 Å². The lowest BCUT2D eigenvalue weighted by molar-refractivity contribution is -0.136. The van der Waals surface area contributed by atoms with Crippen molar-refractivity contribution in [1.29, 1.82) is 0 Å². The first-order chi connectivity index (χ1) is 14.9. The molecule has 0 atom stereocenters. The van der Waals surface area contributed by atoms with E-state index in [0.29, 0.717) is 18.1 Å². The van der Waals surface area contributed by atoms with Crippen molar-refractivity contribution < 1.29 is 18.4 Å². The molecule has 164 valence electrons. The molecule has 0 bridgehead atoms. The third kappa shape index (κ3) is 5.49. The van der Waals surface area contributed by atoms with Crippen molar-refractivity contribution in [3.63, 3.8) is 0 Å². The van der Waals surface area contributed by atoms with Gasteiger partial charge in [-0.15, -0.1) is 0 Å². The lowest BCUT2D eigenvalue weighted by atomic mass is 10.1. The number of ether oxygens (including phenoxy) is 1. The van der Waals surface area contributed by atoms with Crippen molar-refractivity contribution in [2.24, 2.45) is 0 Å². The molecule has 0 saturated carbocycles. The maximum atomic E-state index is 13.3. The molecule has 0 aliphatic carbocycles. The van der Waals surface area contributed by atoms with Crippen LogP contribution < -0.4 is 4.90 Å². The Balaban J connectivity index is 2.00. The summed E-state index contributed by atoms with van der Waals surface area (Å²) in [5, 5.41) is 4.33. The summed E-state index contributed by atoms with van der Waals surface area (Å²) in [5.41, 5.74) is 3.24. The minimum absolute atomic E-state index is 0.0531. The van der Waals surface area contributed by atoms with Crippen LogP contribution >= 0.6 is 0 Å². The minimum Gasteiger partial charge on any atom is -0.375 e. The van der Waals surface area contributed by atoms with Crippen LogP contribution in [0.25, 0.3) is 11.3 Å². The van der Waals surface area contributed by atoms with Crippen LogP contribution in [0.5, 0.6) is 0 Å². The van der Waals surface area contributed by atoms with Crippen LogP contribution in [0.3, 0.4) is 0 Å². The highest BCUT2D eigenvalue weighted by molar-refractivity contribution is 5.78. The van der Waals surface area contributed by atoms with Gasteiger partial charge in [-0.3, -0.25) is 4.79 Å². The van der Waals surface area contributed by atoms with Gasteiger partial charge in [0, 0.05) is 32.3 Å². The van der Waals surface area contributed by atoms with Gasteiger partial charge in [-0.2, -0.15) is 0 Å². The Hall–Kier alpha value is -3.19. The standard InChI is InChI=1S/C24H28FN3O3/c1-17(2)27(3)24-21(23(26-31-24)19-8-6-5-7-9-19)15-28(22(29)16-30-4)14-18-10-12-20(25)13-11-18/h5-13,17H,14-16H2,1-4H3. The number of hydrogen-bond donors (Lipinski definition) is 0. The van der Waals surface area contributed by atoms with Gasteiger partial charge < -0.3 is 19.1 Å². The fraction of sp³-hybridized carbons (Fsp3) is 0.333. The van der Waals surface area contributed by atoms with E-state index < -0.39 is 0 Å². The average Bonchev–Trinajstić information content (AvgIpc) is 3.18. The number of nitrogens with zero attached hydrogens (tertiary/aromatic N) is 3. The van der Waals surface area contributed by atoms with Gasteiger partial charge in [0.25, 0.3) is 0 Å². The number of halogens is 1. The van der Waals surface area contributed by atoms with Gasteiger partial charge in [-0.25, -0.2) is 4.39 Å². The highest BCUT2D eigenvalue weighted by Crippen LogP contribution is 2.33. The van der Waals surface area contributed by atoms with E-state index in [0.717, 1.165) is 16.7 Å². The van der Waals surface area contributed by atoms with Gasteiger partial charge in [0.1, 0.15) is 18.1 Å². The SMILES string of the molecule is COCC(=O)N(Cc1ccc(F)cc1)Cc1c(-c2ccccc2)noc1N(C)C(C)C. The molecular formula is C24H28FN3O3. The largest absolute Gasteiger partial charge is 0.375 e. The third-order valence-corrected chi connectivity index (χ3v) is 5.17. The molecule has 6 nitrogen and oxygen atoms in total. The van der Waals surface area contributed by atoms with E-state index in [-0.39, 0.29) is 30.9 Å². The number of benzene rings is 2. The number of carbonyl (C=O) groups excluding carboxylic acids is 1. The molecule has 0 N–H and O–H groups in total. The van der Waals surface area contributed by atoms with E-state index in [9.17, 15) is 9.18 Å². The van der Waals surface area contributed by atoms with Crippen LogP contribution in [0, 0.1) is 5.82 Å². The predicted molar refractivity (Wildman–Crippen MR) is 118 cm³/mol. The quantitative estimate of drug-likeness (QED) is 0.505. The monoisotopic (exact) mass is 425 g/mol. The van der Waals surface area contributed by atoms with Gasteiger partial charge in [0.05, 0.1) is 12.1 Å². The maximum absolute atomic E-state index is 13.3. The zero-order chi connectivity index (χ0) is 22.4. The summed E-state index contributed by atoms with van der Waals surface area (Å²) in [7, 11) is 3.42. The van der Waals surface area contributed by atoms with Crippen LogP contribution in [0.15, 0.2) is 59.1 Å². The molecular weight excluding hydrogens is 397 g/mol. The molecule has 31 heavy (non-hydrogen) atoms. The highest BCUT2D eigenvalue weighted by atomic mass is 19.1. The number of amides is 1. The molecule has 1 heterocycles. The van der Waals surface area contributed by atoms with E-state index in [1.807, 2.05) is 42.3 Å². The number of methoxy groups -OCH3 is 1. The number of anilines is 1. The fourth-order valence-electron chi connectivity index (χ4n) is 3.23. The summed E-state index contributed by atoms with van der Waals surface area (Å²) in [6, 6.07) is 16.0. The van der Waals surface area contributed by atoms with Crippen LogP contribution in [0.2, 0.25) is 0 Å². The molecule has 0 spiro atoms. The minimum atomic E-state index is -0.315. The fourth-order valence-corrected chi connectivity index (χ4v) is 3.23. The average molecular weight is 426 g/mol. The summed E-state index contributed by atoms with van der Waals surface area (Å²) in [5.74, 6) is 0.123. The number of aromatic nitrogens is 1. The summed E-state index contributed by atoms with van der Waals surface area (Å²) < 4.78 is 24.2. The Bertz CT molecular complexity index is 987. The van der Waals surface area contributed by atoms with Crippen LogP contribution in [-0.4, -0.2) is 42.8 Å². The van der Waals surface area contributed by atoms with Crippen molar-refractivity contribution in [1.82, 2.24) is 10.1 Å². The van der Waals surface area contributed by atoms with Crippen molar-refractivity contribution in [2.45, 2.75) is 33.0 Å². The summed E-state index contributed by atoms with van der Waals surface area (Å²) >= 11 is 0. The summed E-state index contributed by atoms with van der Waals surface area (Å²) in [6.07, 6.45) is 0. The highest BCUT2D eigenvalue weighted by Gasteiger charge is 2.26. The van der Waals surface area contributed by atoms with Gasteiger partial charge in [0.2, 0.25) is 11.8 Å². The second kappa shape index (κ2) is 10.2. The van der Waals surface area contributed by atoms with Crippen molar-refractivity contribution in [3.8, 4) is 11.3 Å². The molecule has 0 aliphatic rings. The third-order valence-electron chi connectivity index (χ3n) is 5.17. The first-order valence-corrected chi connectivity index (χ1v) is 10.2. The van der Waals surface area contributed by atoms with Crippen LogP contribution in [-0.2, 0) is 22.6 Å². The Morgan fingerprint density at radius 3 is 2.39 bits per heavy atom. The van der Waals surface area contributed by atoms with E-state index in [2.05, 4.69) is 19.0 Å². The Morgan fingerprint density at radius 1 is 1.10 bits per heavy atom. The number of hydrogen-bond acceptors (Lipinski definition) is 5. The summed E-state index contributed by atoms with van der Waals surface area (Å²) in [4.78, 5) is 16.5. The lowest BCUT2D eigenvalue weighted by Gasteiger charge is -2.26. The second-order valence-corrected chi connectivity index (χ2v) is 7.69. The van der Waals surface area contributed by atoms with E-state index in [1.165, 1.54) is 19.2 Å². The second-order valence-electron chi connectivity index (χ2n) is 7.69. The van der Waals surface area contributed by atoms with Gasteiger partial charge in [-0.1, -0.05) is 47.6 Å². The molecule has 7 heteroatoms. The Morgan fingerprint density at radius 2 is 1.77 bits per heavy atom. The predicted octanol–water partition coefficient (Wildman–Crippen LogP) is 4.50. The number of rotatable bonds is 9. The lowest BCUT2D eigenvalue weighted by Crippen LogP contribution is -2.34. The molecule has 1 amide bonds. The molecule has 0 aliphatic heterocycles. The molecule has 3 aromatic rings. The molecule has 1 aromatic heterocycles. The molecule has 2 aromatic carbocycles. The van der Waals surface area contributed by atoms with Crippen molar-refractivity contribution in [2.75, 3.05) is 25.7 Å². The Kier molecular flexibility index (Phi) is 7.41. The molecule has 0 fully saturated rings. The van der Waals surface area contributed by atoms with Gasteiger partial charge in [-0.05, 0) is 31.5 Å². The first kappa shape index (κ1) is 22.5. The zero-order valence-electron chi connectivity index (χ0n) is 18.3. The first-order valence-electron chi connectivity index (χ1n) is 10.2. The zero-order valence-corrected chi connectivity index (χ0v) is 18.3. The number of carbonyl (C=O) groups is 1. The molecule has 0 radical (unpaired) electrons. The topological polar surface area (TPSA) is 58.8 Å². The van der Waals surface area contributed by atoms with E-state index in [1.54, 1.807) is 17.0 Å². The smallest absolute Gasteiger partial charge is 0.249 e. The maximum Gasteiger partial charge on any atom is 0.249 e. The van der Waals surface area contributed by atoms with Gasteiger partial charge >= 0.3 is 0 Å². The summed E-state index contributed by atoms with van der Waals surface area (Å²) in [6.45, 7) is 4.65. The normalized spacial score (nSPS) is 11.0. The molecule has 0 saturated heterocycles. The van der Waals surface area contributed by atoms with Crippen LogP contribution in [0.4, 0.5) is 10.3 Å². The molecule has 0 unspecified atom stereocenters.